The van der Waals surface area contributed by atoms with Gasteiger partial charge in [-0.15, -0.1) is 0 Å². The SMILES string of the molecule is CCCCC/C=C\C/C=C\C/C=C\CCCCCCC(CC(=O)NC(CO)C(O)CCCCCCCCCCCCC)OC(=O)CCCCCCCCCCCC. The van der Waals surface area contributed by atoms with Gasteiger partial charge in [-0.1, -0.05) is 211 Å². The Bertz CT molecular complexity index is 946. The van der Waals surface area contributed by atoms with E-state index in [0.717, 1.165) is 83.5 Å². The molecule has 0 aromatic carbocycles. The van der Waals surface area contributed by atoms with E-state index in [-0.39, 0.29) is 24.9 Å². The molecule has 3 N–H and O–H groups in total. The average molecular weight is 802 g/mol. The molecule has 57 heavy (non-hydrogen) atoms. The molecule has 6 nitrogen and oxygen atoms in total. The van der Waals surface area contributed by atoms with Gasteiger partial charge in [0, 0.05) is 6.42 Å². The molecule has 0 radical (unpaired) electrons. The van der Waals surface area contributed by atoms with E-state index >= 15 is 0 Å². The second-order valence-electron chi connectivity index (χ2n) is 16.9. The van der Waals surface area contributed by atoms with Gasteiger partial charge in [-0.3, -0.25) is 9.59 Å². The van der Waals surface area contributed by atoms with E-state index in [4.69, 9.17) is 4.74 Å². The smallest absolute Gasteiger partial charge is 0.306 e. The van der Waals surface area contributed by atoms with Gasteiger partial charge in [-0.2, -0.15) is 0 Å². The second kappa shape index (κ2) is 45.2. The number of carbonyl (C=O) groups excluding carboxylic acids is 2. The highest BCUT2D eigenvalue weighted by Crippen LogP contribution is 2.17. The molecule has 3 unspecified atom stereocenters. The summed E-state index contributed by atoms with van der Waals surface area (Å²) in [6.45, 7) is 6.43. The molecule has 0 aliphatic rings. The Kier molecular flexibility index (Phi) is 43.6. The molecule has 3 atom stereocenters. The van der Waals surface area contributed by atoms with Crippen molar-refractivity contribution in [2.45, 2.75) is 270 Å². The summed E-state index contributed by atoms with van der Waals surface area (Å²) in [5.74, 6) is -0.490. The predicted molar refractivity (Wildman–Crippen MR) is 246 cm³/mol. The highest BCUT2D eigenvalue weighted by molar-refractivity contribution is 5.77. The Morgan fingerprint density at radius 2 is 0.895 bits per heavy atom. The van der Waals surface area contributed by atoms with E-state index in [1.54, 1.807) is 0 Å². The van der Waals surface area contributed by atoms with Gasteiger partial charge in [0.2, 0.25) is 5.91 Å². The third-order valence-electron chi connectivity index (χ3n) is 11.2. The Morgan fingerprint density at radius 1 is 0.509 bits per heavy atom. The molecule has 0 spiro atoms. The molecule has 0 aliphatic heterocycles. The quantitative estimate of drug-likeness (QED) is 0.0324. The zero-order valence-corrected chi connectivity index (χ0v) is 38.0. The lowest BCUT2D eigenvalue weighted by atomic mass is 10.0. The molecule has 334 valence electrons. The molecule has 0 rings (SSSR count). The summed E-state index contributed by atoms with van der Waals surface area (Å²) in [5.41, 5.74) is 0. The van der Waals surface area contributed by atoms with E-state index < -0.39 is 18.2 Å². The maximum atomic E-state index is 13.2. The van der Waals surface area contributed by atoms with Gasteiger partial charge >= 0.3 is 5.97 Å². The maximum Gasteiger partial charge on any atom is 0.306 e. The Labute approximate surface area is 353 Å². The fourth-order valence-electron chi connectivity index (χ4n) is 7.44. The van der Waals surface area contributed by atoms with Crippen LogP contribution >= 0.6 is 0 Å². The monoisotopic (exact) mass is 802 g/mol. The number of unbranched alkanes of at least 4 members (excludes halogenated alkanes) is 26. The van der Waals surface area contributed by atoms with Crippen molar-refractivity contribution >= 4 is 11.9 Å². The highest BCUT2D eigenvalue weighted by atomic mass is 16.5. The number of amides is 1. The van der Waals surface area contributed by atoms with E-state index in [0.29, 0.717) is 19.3 Å². The third-order valence-corrected chi connectivity index (χ3v) is 11.2. The van der Waals surface area contributed by atoms with Gasteiger partial charge in [-0.25, -0.2) is 0 Å². The lowest BCUT2D eigenvalue weighted by Crippen LogP contribution is -2.46. The zero-order chi connectivity index (χ0) is 41.7. The number of nitrogens with one attached hydrogen (secondary N) is 1. The Morgan fingerprint density at radius 3 is 1.39 bits per heavy atom. The van der Waals surface area contributed by atoms with Crippen LogP contribution in [-0.4, -0.2) is 46.9 Å². The van der Waals surface area contributed by atoms with Crippen LogP contribution < -0.4 is 5.32 Å². The number of carbonyl (C=O) groups is 2. The number of hydrogen-bond acceptors (Lipinski definition) is 5. The first-order chi connectivity index (χ1) is 28.0. The van der Waals surface area contributed by atoms with Crippen molar-refractivity contribution in [3.05, 3.63) is 36.5 Å². The first-order valence-corrected chi connectivity index (χ1v) is 24.7. The number of hydrogen-bond donors (Lipinski definition) is 3. The van der Waals surface area contributed by atoms with E-state index in [1.807, 2.05) is 0 Å². The minimum atomic E-state index is -0.790. The molecule has 0 saturated carbocycles. The van der Waals surface area contributed by atoms with Crippen LogP contribution in [0.1, 0.15) is 252 Å². The maximum absolute atomic E-state index is 13.2. The van der Waals surface area contributed by atoms with Crippen LogP contribution in [0.2, 0.25) is 0 Å². The molecule has 0 heterocycles. The highest BCUT2D eigenvalue weighted by Gasteiger charge is 2.24. The summed E-state index contributed by atoms with van der Waals surface area (Å²) < 4.78 is 5.91. The first-order valence-electron chi connectivity index (χ1n) is 24.7. The first kappa shape index (κ1) is 55.1. The molecule has 0 fully saturated rings. The molecule has 0 aromatic rings. The molecular formula is C51H95NO5. The summed E-state index contributed by atoms with van der Waals surface area (Å²) in [4.78, 5) is 26.0. The van der Waals surface area contributed by atoms with Crippen LogP contribution in [0.15, 0.2) is 36.5 Å². The van der Waals surface area contributed by atoms with Crippen LogP contribution in [0, 0.1) is 0 Å². The molecule has 1 amide bonds. The molecule has 0 aromatic heterocycles. The summed E-state index contributed by atoms with van der Waals surface area (Å²) in [6, 6.07) is -0.704. The van der Waals surface area contributed by atoms with Gasteiger partial charge in [0.15, 0.2) is 0 Å². The lowest BCUT2D eigenvalue weighted by Gasteiger charge is -2.24. The van der Waals surface area contributed by atoms with E-state index in [2.05, 4.69) is 62.5 Å². The van der Waals surface area contributed by atoms with Gasteiger partial charge in [0.05, 0.1) is 25.2 Å². The topological polar surface area (TPSA) is 95.9 Å². The number of allylic oxidation sites excluding steroid dienone is 6. The molecule has 0 saturated heterocycles. The van der Waals surface area contributed by atoms with E-state index in [9.17, 15) is 19.8 Å². The number of ether oxygens (including phenoxy) is 1. The van der Waals surface area contributed by atoms with Gasteiger partial charge in [0.25, 0.3) is 0 Å². The number of aliphatic hydroxyl groups is 2. The van der Waals surface area contributed by atoms with Gasteiger partial charge < -0.3 is 20.3 Å². The zero-order valence-electron chi connectivity index (χ0n) is 38.0. The fraction of sp³-hybridized carbons (Fsp3) is 0.843. The number of rotatable bonds is 44. The summed E-state index contributed by atoms with van der Waals surface area (Å²) >= 11 is 0. The van der Waals surface area contributed by atoms with Crippen molar-refractivity contribution in [1.29, 1.82) is 0 Å². The summed E-state index contributed by atoms with van der Waals surface area (Å²) in [6.07, 6.45) is 52.0. The molecule has 0 aliphatic carbocycles. The van der Waals surface area contributed by atoms with Crippen LogP contribution in [0.5, 0.6) is 0 Å². The normalized spacial score (nSPS) is 13.6. The van der Waals surface area contributed by atoms with Crippen LogP contribution in [-0.2, 0) is 14.3 Å². The van der Waals surface area contributed by atoms with E-state index in [1.165, 1.54) is 122 Å². The van der Waals surface area contributed by atoms with Crippen LogP contribution in [0.25, 0.3) is 0 Å². The number of esters is 1. The Hall–Kier alpha value is -1.92. The van der Waals surface area contributed by atoms with Gasteiger partial charge in [-0.05, 0) is 64.2 Å². The second-order valence-corrected chi connectivity index (χ2v) is 16.9. The van der Waals surface area contributed by atoms with Gasteiger partial charge in [0.1, 0.15) is 6.10 Å². The van der Waals surface area contributed by atoms with Crippen LogP contribution in [0.4, 0.5) is 0 Å². The van der Waals surface area contributed by atoms with Crippen LogP contribution in [0.3, 0.4) is 0 Å². The summed E-state index contributed by atoms with van der Waals surface area (Å²) in [5, 5.41) is 23.7. The standard InChI is InChI=1S/C51H95NO5/c1-4-7-10-13-16-19-22-23-24-25-26-27-29-30-33-36-39-42-47(57-51(56)44-41-38-35-32-21-18-15-12-9-6-3)45-50(55)52-48(46-53)49(54)43-40-37-34-31-28-20-17-14-11-8-5-2/h16,19,23-24,26-27,47-49,53-54H,4-15,17-18,20-22,25,28-46H2,1-3H3,(H,52,55)/b19-16-,24-23-,27-26-. The lowest BCUT2D eigenvalue weighted by molar-refractivity contribution is -0.151. The summed E-state index contributed by atoms with van der Waals surface area (Å²) in [7, 11) is 0. The van der Waals surface area contributed by atoms with Crippen molar-refractivity contribution in [2.24, 2.45) is 0 Å². The van der Waals surface area contributed by atoms with Crippen molar-refractivity contribution in [3.63, 3.8) is 0 Å². The average Bonchev–Trinajstić information content (AvgIpc) is 3.20. The van der Waals surface area contributed by atoms with Crippen molar-refractivity contribution < 1.29 is 24.5 Å². The predicted octanol–water partition coefficient (Wildman–Crippen LogP) is 14.5. The molecule has 6 heteroatoms. The number of aliphatic hydroxyl groups excluding tert-OH is 2. The largest absolute Gasteiger partial charge is 0.462 e. The molecule has 0 bridgehead atoms. The minimum absolute atomic E-state index is 0.0658. The fourth-order valence-corrected chi connectivity index (χ4v) is 7.44. The van der Waals surface area contributed by atoms with Crippen molar-refractivity contribution in [2.75, 3.05) is 6.61 Å². The minimum Gasteiger partial charge on any atom is -0.462 e. The molecular weight excluding hydrogens is 707 g/mol. The third kappa shape index (κ3) is 40.6. The Balaban J connectivity index is 4.62. The van der Waals surface area contributed by atoms with Crippen molar-refractivity contribution in [3.8, 4) is 0 Å². The van der Waals surface area contributed by atoms with Crippen molar-refractivity contribution in [1.82, 2.24) is 5.32 Å².